The van der Waals surface area contributed by atoms with Gasteiger partial charge in [0, 0.05) is 16.6 Å². The van der Waals surface area contributed by atoms with Crippen LogP contribution in [0.1, 0.15) is 30.5 Å². The molecule has 1 heterocycles. The van der Waals surface area contributed by atoms with E-state index in [2.05, 4.69) is 14.4 Å². The highest BCUT2D eigenvalue weighted by atomic mass is 32.2. The Bertz CT molecular complexity index is 1280. The van der Waals surface area contributed by atoms with E-state index in [1.54, 1.807) is 12.1 Å². The fourth-order valence-corrected chi connectivity index (χ4v) is 5.49. The average Bonchev–Trinajstić information content (AvgIpc) is 3.17. The van der Waals surface area contributed by atoms with Gasteiger partial charge in [0.1, 0.15) is 12.4 Å². The van der Waals surface area contributed by atoms with Gasteiger partial charge in [-0.1, -0.05) is 18.2 Å². The molecule has 1 aromatic heterocycles. The Morgan fingerprint density at radius 3 is 2.67 bits per heavy atom. The van der Waals surface area contributed by atoms with Crippen molar-refractivity contribution in [2.45, 2.75) is 49.4 Å². The van der Waals surface area contributed by atoms with Crippen LogP contribution in [0.2, 0.25) is 0 Å². The van der Waals surface area contributed by atoms with Gasteiger partial charge in [-0.2, -0.15) is 0 Å². The number of hydrogen-bond acceptors (Lipinski definition) is 6. The van der Waals surface area contributed by atoms with Crippen LogP contribution in [-0.2, 0) is 26.2 Å². The number of pyridine rings is 1. The number of benzene rings is 2. The lowest BCUT2D eigenvalue weighted by molar-refractivity contribution is -0.155. The molecule has 4 rings (SSSR count). The lowest BCUT2D eigenvalue weighted by atomic mass is 10.0. The summed E-state index contributed by atoms with van der Waals surface area (Å²) >= 11 is 0. The first-order chi connectivity index (χ1) is 15.7. The van der Waals surface area contributed by atoms with E-state index in [-0.39, 0.29) is 17.7 Å². The highest BCUT2D eigenvalue weighted by molar-refractivity contribution is 7.89. The molecule has 0 amide bonds. The minimum Gasteiger partial charge on any atom is -0.489 e. The maximum Gasteiger partial charge on any atom is 0.345 e. The van der Waals surface area contributed by atoms with Crippen LogP contribution in [0.4, 0.5) is 4.39 Å². The number of methoxy groups -OCH3 is 1. The van der Waals surface area contributed by atoms with Crippen molar-refractivity contribution in [2.75, 3.05) is 7.11 Å². The number of esters is 1. The van der Waals surface area contributed by atoms with E-state index in [9.17, 15) is 13.2 Å². The lowest BCUT2D eigenvalue weighted by Crippen LogP contribution is -2.51. The predicted molar refractivity (Wildman–Crippen MR) is 121 cm³/mol. The predicted octanol–water partition coefficient (Wildman–Crippen LogP) is 3.83. The van der Waals surface area contributed by atoms with Crippen LogP contribution < -0.4 is 9.46 Å². The largest absolute Gasteiger partial charge is 0.489 e. The minimum absolute atomic E-state index is 0.0424. The number of ether oxygens (including phenoxy) is 2. The fourth-order valence-electron chi connectivity index (χ4n) is 4.18. The molecule has 2 atom stereocenters. The van der Waals surface area contributed by atoms with Gasteiger partial charge < -0.3 is 9.47 Å². The molecule has 0 bridgehead atoms. The van der Waals surface area contributed by atoms with Gasteiger partial charge in [0.05, 0.1) is 23.6 Å². The standard InChI is InChI=1S/C24H25FN2O5S/c1-16-14-17(20-6-3-4-7-21(20)26-16)15-32-18-9-11-19(12-10-18)33(29,30)27-22-8-5-13-24(22,25)23(28)31-2/h3-4,6-7,9-12,14,22,27H,5,8,13,15H2,1-2H3/t22-,24-/m1/s1. The topological polar surface area (TPSA) is 94.6 Å². The molecule has 9 heteroatoms. The number of para-hydroxylation sites is 1. The van der Waals surface area contributed by atoms with Crippen molar-refractivity contribution in [3.8, 4) is 5.75 Å². The highest BCUT2D eigenvalue weighted by Crippen LogP contribution is 2.36. The molecule has 0 aliphatic heterocycles. The molecule has 174 valence electrons. The number of carbonyl (C=O) groups is 1. The van der Waals surface area contributed by atoms with Crippen LogP contribution in [0.15, 0.2) is 59.5 Å². The average molecular weight is 473 g/mol. The van der Waals surface area contributed by atoms with Gasteiger partial charge in [0.2, 0.25) is 15.7 Å². The molecule has 7 nitrogen and oxygen atoms in total. The second kappa shape index (κ2) is 9.07. The van der Waals surface area contributed by atoms with Crippen LogP contribution in [0.3, 0.4) is 0 Å². The Hall–Kier alpha value is -3.04. The summed E-state index contributed by atoms with van der Waals surface area (Å²) in [6.45, 7) is 2.21. The Balaban J connectivity index is 1.47. The lowest BCUT2D eigenvalue weighted by Gasteiger charge is -2.25. The third-order valence-corrected chi connectivity index (χ3v) is 7.35. The van der Waals surface area contributed by atoms with Crippen LogP contribution in [0, 0.1) is 6.92 Å². The summed E-state index contributed by atoms with van der Waals surface area (Å²) in [6, 6.07) is 14.4. The highest BCUT2D eigenvalue weighted by Gasteiger charge is 2.52. The number of hydrogen-bond donors (Lipinski definition) is 1. The molecule has 1 fully saturated rings. The number of rotatable bonds is 7. The smallest absolute Gasteiger partial charge is 0.345 e. The first kappa shape index (κ1) is 23.1. The molecule has 1 aliphatic carbocycles. The van der Waals surface area contributed by atoms with Crippen molar-refractivity contribution in [1.82, 2.24) is 9.71 Å². The van der Waals surface area contributed by atoms with E-state index in [1.807, 2.05) is 37.3 Å². The molecule has 3 aromatic rings. The monoisotopic (exact) mass is 472 g/mol. The zero-order valence-corrected chi connectivity index (χ0v) is 19.2. The molecule has 0 unspecified atom stereocenters. The first-order valence-corrected chi connectivity index (χ1v) is 12.1. The van der Waals surface area contributed by atoms with Crippen molar-refractivity contribution < 1.29 is 27.1 Å². The van der Waals surface area contributed by atoms with Crippen molar-refractivity contribution in [3.05, 3.63) is 65.9 Å². The maximum atomic E-state index is 15.1. The maximum absolute atomic E-state index is 15.1. The van der Waals surface area contributed by atoms with Crippen LogP contribution in [-0.4, -0.2) is 38.2 Å². The number of aromatic nitrogens is 1. The molecule has 1 aliphatic rings. The van der Waals surface area contributed by atoms with E-state index in [0.717, 1.165) is 29.3 Å². The number of nitrogens with zero attached hydrogens (tertiary/aromatic N) is 1. The van der Waals surface area contributed by atoms with Crippen molar-refractivity contribution in [2.24, 2.45) is 0 Å². The molecule has 0 radical (unpaired) electrons. The Morgan fingerprint density at radius 1 is 1.21 bits per heavy atom. The van der Waals surface area contributed by atoms with Crippen LogP contribution >= 0.6 is 0 Å². The number of nitrogens with one attached hydrogen (secondary N) is 1. The van der Waals surface area contributed by atoms with Gasteiger partial charge in [-0.15, -0.1) is 0 Å². The van der Waals surface area contributed by atoms with Gasteiger partial charge in [0.25, 0.3) is 0 Å². The van der Waals surface area contributed by atoms with Crippen LogP contribution in [0.5, 0.6) is 5.75 Å². The van der Waals surface area contributed by atoms with Crippen molar-refractivity contribution in [1.29, 1.82) is 0 Å². The summed E-state index contributed by atoms with van der Waals surface area (Å²) in [4.78, 5) is 16.3. The third-order valence-electron chi connectivity index (χ3n) is 5.87. The molecule has 1 N–H and O–H groups in total. The summed E-state index contributed by atoms with van der Waals surface area (Å²) < 4.78 is 53.4. The van der Waals surface area contributed by atoms with Gasteiger partial charge in [-0.05, 0) is 62.6 Å². The van der Waals surface area contributed by atoms with Gasteiger partial charge in [-0.3, -0.25) is 4.98 Å². The Kier molecular flexibility index (Phi) is 6.36. The molecule has 0 saturated heterocycles. The number of carbonyl (C=O) groups excluding carboxylic acids is 1. The SMILES string of the molecule is COC(=O)[C@@]1(F)CCC[C@H]1NS(=O)(=O)c1ccc(OCc2cc(C)nc3ccccc23)cc1. The zero-order valence-electron chi connectivity index (χ0n) is 18.4. The summed E-state index contributed by atoms with van der Waals surface area (Å²) in [5.74, 6) is -0.571. The fraction of sp³-hybridized carbons (Fsp3) is 0.333. The van der Waals surface area contributed by atoms with E-state index < -0.39 is 27.7 Å². The van der Waals surface area contributed by atoms with Gasteiger partial charge >= 0.3 is 5.97 Å². The quantitative estimate of drug-likeness (QED) is 0.525. The second-order valence-electron chi connectivity index (χ2n) is 8.12. The summed E-state index contributed by atoms with van der Waals surface area (Å²) in [7, 11) is -2.95. The number of alkyl halides is 1. The molecular formula is C24H25FN2O5S. The summed E-state index contributed by atoms with van der Waals surface area (Å²) in [5.41, 5.74) is 0.366. The van der Waals surface area contributed by atoms with E-state index in [1.165, 1.54) is 12.1 Å². The number of aryl methyl sites for hydroxylation is 1. The van der Waals surface area contributed by atoms with E-state index in [4.69, 9.17) is 4.74 Å². The molecule has 0 spiro atoms. The number of halogens is 1. The number of sulfonamides is 1. The molecule has 2 aromatic carbocycles. The van der Waals surface area contributed by atoms with Crippen molar-refractivity contribution in [3.63, 3.8) is 0 Å². The van der Waals surface area contributed by atoms with Crippen LogP contribution in [0.25, 0.3) is 10.9 Å². The second-order valence-corrected chi connectivity index (χ2v) is 9.83. The first-order valence-electron chi connectivity index (χ1n) is 10.6. The van der Waals surface area contributed by atoms with Gasteiger partial charge in [0.15, 0.2) is 0 Å². The zero-order chi connectivity index (χ0) is 23.6. The Morgan fingerprint density at radius 2 is 1.94 bits per heavy atom. The van der Waals surface area contributed by atoms with E-state index in [0.29, 0.717) is 18.8 Å². The number of fused-ring (bicyclic) bond motifs is 1. The molecule has 33 heavy (non-hydrogen) atoms. The third kappa shape index (κ3) is 4.69. The molecular weight excluding hydrogens is 447 g/mol. The normalized spacial score (nSPS) is 20.6. The molecule has 1 saturated carbocycles. The minimum atomic E-state index is -4.04. The summed E-state index contributed by atoms with van der Waals surface area (Å²) in [5, 5.41) is 0.989. The summed E-state index contributed by atoms with van der Waals surface area (Å²) in [6.07, 6.45) is 0.517. The van der Waals surface area contributed by atoms with Gasteiger partial charge in [-0.25, -0.2) is 22.3 Å². The Labute approximate surface area is 192 Å². The van der Waals surface area contributed by atoms with E-state index >= 15 is 4.39 Å². The van der Waals surface area contributed by atoms with Crippen molar-refractivity contribution >= 4 is 26.9 Å².